The average Bonchev–Trinajstić information content (AvgIpc) is 2.29. The van der Waals surface area contributed by atoms with E-state index in [4.69, 9.17) is 5.84 Å². The van der Waals surface area contributed by atoms with Gasteiger partial charge in [0.15, 0.2) is 0 Å². The van der Waals surface area contributed by atoms with Crippen LogP contribution in [0.15, 0.2) is 0 Å². The summed E-state index contributed by atoms with van der Waals surface area (Å²) in [7, 11) is 1.60. The van der Waals surface area contributed by atoms with E-state index in [-0.39, 0.29) is 12.3 Å². The zero-order valence-electron chi connectivity index (χ0n) is 9.23. The van der Waals surface area contributed by atoms with E-state index in [2.05, 4.69) is 0 Å². The zero-order chi connectivity index (χ0) is 12.1. The van der Waals surface area contributed by atoms with Gasteiger partial charge in [0.1, 0.15) is 0 Å². The summed E-state index contributed by atoms with van der Waals surface area (Å²) in [6.07, 6.45) is 0.760. The molecule has 3 N–H and O–H groups in total. The Hall–Kier alpha value is -1.63. The third-order valence-corrected chi connectivity index (χ3v) is 2.52. The highest BCUT2D eigenvalue weighted by atomic mass is 16.2. The Labute approximate surface area is 93.5 Å². The number of hydrazine groups is 1. The predicted octanol–water partition coefficient (Wildman–Crippen LogP) is -1.94. The molecule has 0 spiro atoms. The van der Waals surface area contributed by atoms with Gasteiger partial charge < -0.3 is 9.80 Å². The summed E-state index contributed by atoms with van der Waals surface area (Å²) in [6.45, 7) is 1.46. The summed E-state index contributed by atoms with van der Waals surface area (Å²) in [5.41, 5.74) is 2.01. The Morgan fingerprint density at radius 3 is 2.69 bits per heavy atom. The van der Waals surface area contributed by atoms with Gasteiger partial charge >= 0.3 is 11.8 Å². The summed E-state index contributed by atoms with van der Waals surface area (Å²) in [4.78, 5) is 36.5. The van der Waals surface area contributed by atoms with E-state index in [1.165, 1.54) is 9.80 Å². The monoisotopic (exact) mass is 228 g/mol. The average molecular weight is 228 g/mol. The van der Waals surface area contributed by atoms with Gasteiger partial charge in [0.25, 0.3) is 0 Å². The summed E-state index contributed by atoms with van der Waals surface area (Å²) in [6, 6.07) is 0. The molecule has 0 unspecified atom stereocenters. The van der Waals surface area contributed by atoms with Gasteiger partial charge in [-0.3, -0.25) is 19.8 Å². The Morgan fingerprint density at radius 1 is 1.38 bits per heavy atom. The number of piperazine rings is 1. The largest absolute Gasteiger partial charge is 0.336 e. The molecule has 0 aromatic carbocycles. The molecule has 1 aliphatic rings. The Balaban J connectivity index is 2.35. The van der Waals surface area contributed by atoms with Crippen LogP contribution in [0, 0.1) is 0 Å². The maximum absolute atomic E-state index is 11.5. The fraction of sp³-hybridized carbons (Fsp3) is 0.667. The van der Waals surface area contributed by atoms with Crippen LogP contribution >= 0.6 is 0 Å². The van der Waals surface area contributed by atoms with Crippen LogP contribution in [0.4, 0.5) is 0 Å². The summed E-state index contributed by atoms with van der Waals surface area (Å²) >= 11 is 0. The third kappa shape index (κ3) is 2.93. The van der Waals surface area contributed by atoms with Crippen LogP contribution in [0.1, 0.15) is 12.8 Å². The summed E-state index contributed by atoms with van der Waals surface area (Å²) in [5.74, 6) is 3.66. The molecule has 0 radical (unpaired) electrons. The molecule has 1 heterocycles. The molecule has 1 rings (SSSR count). The minimum Gasteiger partial charge on any atom is -0.336 e. The van der Waals surface area contributed by atoms with E-state index < -0.39 is 11.8 Å². The molecular formula is C9H16N4O3. The molecule has 3 amide bonds. The van der Waals surface area contributed by atoms with Gasteiger partial charge in [0, 0.05) is 33.1 Å². The number of hydrogen-bond acceptors (Lipinski definition) is 4. The van der Waals surface area contributed by atoms with Crippen molar-refractivity contribution in [2.24, 2.45) is 5.84 Å². The first-order valence-electron chi connectivity index (χ1n) is 5.10. The van der Waals surface area contributed by atoms with E-state index in [0.29, 0.717) is 26.1 Å². The van der Waals surface area contributed by atoms with E-state index in [9.17, 15) is 14.4 Å². The lowest BCUT2D eigenvalue weighted by Gasteiger charge is -2.31. The Kier molecular flexibility index (Phi) is 4.24. The van der Waals surface area contributed by atoms with Crippen LogP contribution in [0.2, 0.25) is 0 Å². The van der Waals surface area contributed by atoms with Crippen molar-refractivity contribution in [3.63, 3.8) is 0 Å². The summed E-state index contributed by atoms with van der Waals surface area (Å²) in [5, 5.41) is 0. The van der Waals surface area contributed by atoms with Gasteiger partial charge in [0.05, 0.1) is 0 Å². The molecule has 0 atom stereocenters. The first-order chi connectivity index (χ1) is 7.56. The molecule has 0 aromatic rings. The molecule has 1 saturated heterocycles. The van der Waals surface area contributed by atoms with Gasteiger partial charge in [0.2, 0.25) is 5.91 Å². The quantitative estimate of drug-likeness (QED) is 0.253. The van der Waals surface area contributed by atoms with Gasteiger partial charge in [-0.1, -0.05) is 0 Å². The highest BCUT2D eigenvalue weighted by molar-refractivity contribution is 6.35. The number of nitrogens with two attached hydrogens (primary N) is 1. The smallest absolute Gasteiger partial charge is 0.312 e. The lowest BCUT2D eigenvalue weighted by atomic mass is 10.2. The molecule has 0 aliphatic carbocycles. The molecule has 0 bridgehead atoms. The molecule has 7 heteroatoms. The first kappa shape index (κ1) is 12.4. The molecule has 7 nitrogen and oxygen atoms in total. The Bertz CT molecular complexity index is 305. The van der Waals surface area contributed by atoms with Crippen molar-refractivity contribution in [2.75, 3.05) is 26.7 Å². The maximum atomic E-state index is 11.5. The van der Waals surface area contributed by atoms with Gasteiger partial charge in [-0.2, -0.15) is 0 Å². The molecular weight excluding hydrogens is 212 g/mol. The third-order valence-electron chi connectivity index (χ3n) is 2.52. The standard InChI is InChI=1S/C9H16N4O3/c1-12-5-6-13(9(16)8(12)15)4-2-3-7(14)11-10/h2-6,10H2,1H3,(H,11,14). The van der Waals surface area contributed by atoms with Crippen LogP contribution in [0.5, 0.6) is 0 Å². The van der Waals surface area contributed by atoms with Crippen LogP contribution in [-0.2, 0) is 14.4 Å². The van der Waals surface area contributed by atoms with Crippen molar-refractivity contribution < 1.29 is 14.4 Å². The Morgan fingerprint density at radius 2 is 2.06 bits per heavy atom. The predicted molar refractivity (Wildman–Crippen MR) is 55.8 cm³/mol. The zero-order valence-corrected chi connectivity index (χ0v) is 9.23. The van der Waals surface area contributed by atoms with E-state index >= 15 is 0 Å². The normalized spacial score (nSPS) is 16.6. The number of carbonyl (C=O) groups is 3. The van der Waals surface area contributed by atoms with Crippen LogP contribution in [0.25, 0.3) is 0 Å². The van der Waals surface area contributed by atoms with Crippen LogP contribution in [0.3, 0.4) is 0 Å². The van der Waals surface area contributed by atoms with E-state index in [1.54, 1.807) is 7.05 Å². The number of likely N-dealkylation sites (N-methyl/N-ethyl adjacent to an activating group) is 1. The van der Waals surface area contributed by atoms with E-state index in [1.807, 2.05) is 5.43 Å². The highest BCUT2D eigenvalue weighted by Gasteiger charge is 2.29. The van der Waals surface area contributed by atoms with Crippen molar-refractivity contribution in [2.45, 2.75) is 12.8 Å². The highest BCUT2D eigenvalue weighted by Crippen LogP contribution is 2.04. The van der Waals surface area contributed by atoms with Gasteiger partial charge in [-0.15, -0.1) is 0 Å². The SMILES string of the molecule is CN1CCN(CCCC(=O)NN)C(=O)C1=O. The van der Waals surface area contributed by atoms with E-state index in [0.717, 1.165) is 0 Å². The lowest BCUT2D eigenvalue weighted by Crippen LogP contribution is -2.53. The number of amides is 3. The number of nitrogens with one attached hydrogen (secondary N) is 1. The number of hydrogen-bond donors (Lipinski definition) is 2. The minimum atomic E-state index is -0.498. The second kappa shape index (κ2) is 5.45. The van der Waals surface area contributed by atoms with Crippen molar-refractivity contribution in [1.29, 1.82) is 0 Å². The second-order valence-corrected chi connectivity index (χ2v) is 3.69. The fourth-order valence-corrected chi connectivity index (χ4v) is 1.49. The first-order valence-corrected chi connectivity index (χ1v) is 5.10. The fourth-order valence-electron chi connectivity index (χ4n) is 1.49. The molecule has 0 saturated carbocycles. The number of carbonyl (C=O) groups excluding carboxylic acids is 3. The topological polar surface area (TPSA) is 95.7 Å². The van der Waals surface area contributed by atoms with Crippen molar-refractivity contribution in [3.05, 3.63) is 0 Å². The van der Waals surface area contributed by atoms with Crippen molar-refractivity contribution >= 4 is 17.7 Å². The minimum absolute atomic E-state index is 0.254. The molecule has 1 aliphatic heterocycles. The number of rotatable bonds is 4. The maximum Gasteiger partial charge on any atom is 0.312 e. The van der Waals surface area contributed by atoms with Crippen molar-refractivity contribution in [1.82, 2.24) is 15.2 Å². The molecule has 0 aromatic heterocycles. The summed E-state index contributed by atoms with van der Waals surface area (Å²) < 4.78 is 0. The van der Waals surface area contributed by atoms with Crippen LogP contribution in [-0.4, -0.2) is 54.2 Å². The molecule has 90 valence electrons. The molecule has 16 heavy (non-hydrogen) atoms. The second-order valence-electron chi connectivity index (χ2n) is 3.69. The lowest BCUT2D eigenvalue weighted by molar-refractivity contribution is -0.155. The van der Waals surface area contributed by atoms with Gasteiger partial charge in [-0.05, 0) is 6.42 Å². The van der Waals surface area contributed by atoms with Crippen molar-refractivity contribution in [3.8, 4) is 0 Å². The van der Waals surface area contributed by atoms with Gasteiger partial charge in [-0.25, -0.2) is 5.84 Å². The molecule has 1 fully saturated rings. The number of nitrogens with zero attached hydrogens (tertiary/aromatic N) is 2. The van der Waals surface area contributed by atoms with Crippen LogP contribution < -0.4 is 11.3 Å².